The van der Waals surface area contributed by atoms with Gasteiger partial charge in [0.2, 0.25) is 5.91 Å². The Morgan fingerprint density at radius 1 is 1.42 bits per heavy atom. The van der Waals surface area contributed by atoms with Gasteiger partial charge in [0.1, 0.15) is 12.1 Å². The molecule has 1 N–H and O–H groups in total. The van der Waals surface area contributed by atoms with Crippen LogP contribution in [0.2, 0.25) is 0 Å². The van der Waals surface area contributed by atoms with Crippen LogP contribution in [0.5, 0.6) is 0 Å². The van der Waals surface area contributed by atoms with Crippen molar-refractivity contribution in [2.45, 2.75) is 52.3 Å². The lowest BCUT2D eigenvalue weighted by Gasteiger charge is -2.26. The first kappa shape index (κ1) is 16.3. The van der Waals surface area contributed by atoms with Crippen molar-refractivity contribution in [2.75, 3.05) is 18.2 Å². The summed E-state index contributed by atoms with van der Waals surface area (Å²) in [5.74, 6) is 1.06. The maximum Gasteiger partial charge on any atom is 0.252 e. The molecule has 0 aromatic rings. The van der Waals surface area contributed by atoms with Crippen LogP contribution in [0.25, 0.3) is 0 Å². The molecule has 110 valence electrons. The van der Waals surface area contributed by atoms with Gasteiger partial charge in [-0.15, -0.1) is 11.8 Å². The summed E-state index contributed by atoms with van der Waals surface area (Å²) < 4.78 is 5.31. The maximum atomic E-state index is 12.2. The van der Waals surface area contributed by atoms with Gasteiger partial charge in [-0.2, -0.15) is 0 Å². The number of amides is 2. The molecule has 19 heavy (non-hydrogen) atoms. The van der Waals surface area contributed by atoms with E-state index in [-0.39, 0.29) is 23.9 Å². The summed E-state index contributed by atoms with van der Waals surface area (Å²) in [5.41, 5.74) is 0. The van der Waals surface area contributed by atoms with E-state index < -0.39 is 6.10 Å². The summed E-state index contributed by atoms with van der Waals surface area (Å²) in [6.45, 7) is 8.08. The van der Waals surface area contributed by atoms with E-state index in [2.05, 4.69) is 5.32 Å². The molecule has 3 atom stereocenters. The predicted molar refractivity (Wildman–Crippen MR) is 76.9 cm³/mol. The first-order valence-corrected chi connectivity index (χ1v) is 7.96. The van der Waals surface area contributed by atoms with E-state index in [4.69, 9.17) is 4.74 Å². The van der Waals surface area contributed by atoms with Crippen molar-refractivity contribution in [1.29, 1.82) is 0 Å². The predicted octanol–water partition coefficient (Wildman–Crippen LogP) is 1.23. The van der Waals surface area contributed by atoms with E-state index in [1.165, 1.54) is 0 Å². The first-order valence-electron chi connectivity index (χ1n) is 6.81. The van der Waals surface area contributed by atoms with Gasteiger partial charge in [0, 0.05) is 18.4 Å². The molecule has 1 aliphatic heterocycles. The third kappa shape index (κ3) is 4.38. The second kappa shape index (κ2) is 7.75. The highest BCUT2D eigenvalue weighted by molar-refractivity contribution is 7.99. The molecule has 0 aromatic heterocycles. The molecule has 0 bridgehead atoms. The Morgan fingerprint density at radius 2 is 2.11 bits per heavy atom. The number of carbonyl (C=O) groups is 2. The Bertz CT molecular complexity index is 325. The van der Waals surface area contributed by atoms with E-state index >= 15 is 0 Å². The molecule has 6 heteroatoms. The van der Waals surface area contributed by atoms with Gasteiger partial charge in [0.05, 0.1) is 5.88 Å². The van der Waals surface area contributed by atoms with Crippen LogP contribution in [-0.2, 0) is 14.3 Å². The van der Waals surface area contributed by atoms with Crippen LogP contribution >= 0.6 is 11.8 Å². The Balaban J connectivity index is 2.63. The van der Waals surface area contributed by atoms with Crippen molar-refractivity contribution in [2.24, 2.45) is 0 Å². The minimum absolute atomic E-state index is 0.0589. The minimum atomic E-state index is -0.484. The molecule has 0 aliphatic carbocycles. The third-order valence-electron chi connectivity index (χ3n) is 3.23. The molecule has 1 heterocycles. The number of rotatable bonds is 6. The quantitative estimate of drug-likeness (QED) is 0.798. The molecular weight excluding hydrogens is 264 g/mol. The Hall–Kier alpha value is -0.750. The van der Waals surface area contributed by atoms with Crippen molar-refractivity contribution >= 4 is 23.6 Å². The SMILES string of the molecule is CCO[C@H](C)C(=O)N1CSC[C@@H]1C(=O)N[C@@H](C)CC. The highest BCUT2D eigenvalue weighted by Gasteiger charge is 2.36. The van der Waals surface area contributed by atoms with Crippen LogP contribution in [0, 0.1) is 0 Å². The van der Waals surface area contributed by atoms with Crippen LogP contribution in [0.15, 0.2) is 0 Å². The fraction of sp³-hybridized carbons (Fsp3) is 0.846. The number of hydrogen-bond acceptors (Lipinski definition) is 4. The highest BCUT2D eigenvalue weighted by atomic mass is 32.2. The molecule has 1 rings (SSSR count). The smallest absolute Gasteiger partial charge is 0.252 e. The zero-order valence-corrected chi connectivity index (χ0v) is 13.0. The highest BCUT2D eigenvalue weighted by Crippen LogP contribution is 2.22. The van der Waals surface area contributed by atoms with Crippen LogP contribution < -0.4 is 5.32 Å². The number of nitrogens with zero attached hydrogens (tertiary/aromatic N) is 1. The molecule has 2 amide bonds. The number of thioether (sulfide) groups is 1. The first-order chi connectivity index (χ1) is 9.01. The summed E-state index contributed by atoms with van der Waals surface area (Å²) in [6, 6.07) is -0.228. The third-order valence-corrected chi connectivity index (χ3v) is 4.25. The lowest BCUT2D eigenvalue weighted by Crippen LogP contribution is -2.51. The summed E-state index contributed by atoms with van der Waals surface area (Å²) >= 11 is 1.61. The Kier molecular flexibility index (Phi) is 6.65. The molecule has 1 saturated heterocycles. The molecule has 1 aliphatic rings. The standard InChI is InChI=1S/C13H24N2O3S/c1-5-9(3)14-12(16)11-7-19-8-15(11)13(17)10(4)18-6-2/h9-11H,5-8H2,1-4H3,(H,14,16)/t9-,10+,11+/m0/s1. The van der Waals surface area contributed by atoms with Gasteiger partial charge in [-0.3, -0.25) is 9.59 Å². The number of nitrogens with one attached hydrogen (secondary N) is 1. The summed E-state index contributed by atoms with van der Waals surface area (Å²) in [6.07, 6.45) is 0.400. The van der Waals surface area contributed by atoms with E-state index in [9.17, 15) is 9.59 Å². The maximum absolute atomic E-state index is 12.2. The second-order valence-corrected chi connectivity index (χ2v) is 5.74. The van der Waals surface area contributed by atoms with Crippen molar-refractivity contribution in [3.8, 4) is 0 Å². The van der Waals surface area contributed by atoms with Crippen molar-refractivity contribution < 1.29 is 14.3 Å². The van der Waals surface area contributed by atoms with Gasteiger partial charge >= 0.3 is 0 Å². The van der Waals surface area contributed by atoms with E-state index in [0.29, 0.717) is 18.2 Å². The zero-order valence-electron chi connectivity index (χ0n) is 12.1. The minimum Gasteiger partial charge on any atom is -0.369 e. The summed E-state index contributed by atoms with van der Waals surface area (Å²) in [4.78, 5) is 26.0. The zero-order chi connectivity index (χ0) is 14.4. The summed E-state index contributed by atoms with van der Waals surface area (Å²) in [5, 5.41) is 2.94. The lowest BCUT2D eigenvalue weighted by atomic mass is 10.2. The molecule has 0 spiro atoms. The van der Waals surface area contributed by atoms with Gasteiger partial charge in [0.25, 0.3) is 5.91 Å². The molecule has 5 nitrogen and oxygen atoms in total. The average Bonchev–Trinajstić information content (AvgIpc) is 2.87. The Labute approximate surface area is 119 Å². The van der Waals surface area contributed by atoms with Gasteiger partial charge < -0.3 is 15.0 Å². The van der Waals surface area contributed by atoms with Crippen molar-refractivity contribution in [3.05, 3.63) is 0 Å². The molecule has 0 radical (unpaired) electrons. The monoisotopic (exact) mass is 288 g/mol. The molecular formula is C13H24N2O3S. The van der Waals surface area contributed by atoms with E-state index in [1.54, 1.807) is 23.6 Å². The summed E-state index contributed by atoms with van der Waals surface area (Å²) in [7, 11) is 0. The van der Waals surface area contributed by atoms with E-state index in [1.807, 2.05) is 20.8 Å². The van der Waals surface area contributed by atoms with E-state index in [0.717, 1.165) is 6.42 Å². The average molecular weight is 288 g/mol. The topological polar surface area (TPSA) is 58.6 Å². The molecule has 1 fully saturated rings. The lowest BCUT2D eigenvalue weighted by molar-refractivity contribution is -0.146. The number of carbonyl (C=O) groups excluding carboxylic acids is 2. The van der Waals surface area contributed by atoms with Crippen molar-refractivity contribution in [3.63, 3.8) is 0 Å². The fourth-order valence-electron chi connectivity index (χ4n) is 1.87. The normalized spacial score (nSPS) is 22.1. The van der Waals surface area contributed by atoms with Gasteiger partial charge in [-0.05, 0) is 27.2 Å². The fourth-order valence-corrected chi connectivity index (χ4v) is 3.04. The van der Waals surface area contributed by atoms with Gasteiger partial charge in [-0.1, -0.05) is 6.92 Å². The number of ether oxygens (including phenoxy) is 1. The molecule has 0 aromatic carbocycles. The largest absolute Gasteiger partial charge is 0.369 e. The van der Waals surface area contributed by atoms with Crippen LogP contribution in [-0.4, -0.2) is 53.1 Å². The van der Waals surface area contributed by atoms with Gasteiger partial charge in [-0.25, -0.2) is 0 Å². The van der Waals surface area contributed by atoms with Crippen LogP contribution in [0.1, 0.15) is 34.1 Å². The number of hydrogen-bond donors (Lipinski definition) is 1. The second-order valence-electron chi connectivity index (χ2n) is 4.74. The van der Waals surface area contributed by atoms with Gasteiger partial charge in [0.15, 0.2) is 0 Å². The van der Waals surface area contributed by atoms with Crippen LogP contribution in [0.4, 0.5) is 0 Å². The van der Waals surface area contributed by atoms with Crippen LogP contribution in [0.3, 0.4) is 0 Å². The van der Waals surface area contributed by atoms with Crippen molar-refractivity contribution in [1.82, 2.24) is 10.2 Å². The molecule has 0 saturated carbocycles. The molecule has 0 unspecified atom stereocenters. The Morgan fingerprint density at radius 3 is 2.68 bits per heavy atom.